The molecule has 0 aromatic carbocycles. The van der Waals surface area contributed by atoms with Crippen LogP contribution in [0.1, 0.15) is 73.1 Å². The number of epoxide rings is 1. The number of carbonyl (C=O) groups excluding carboxylic acids is 2. The molecular formula is C29H44N2O6. The molecule has 2 unspecified atom stereocenters. The van der Waals surface area contributed by atoms with Crippen molar-refractivity contribution >= 4 is 11.8 Å². The van der Waals surface area contributed by atoms with Crippen molar-refractivity contribution < 1.29 is 28.9 Å². The van der Waals surface area contributed by atoms with Crippen LogP contribution in [0.4, 0.5) is 0 Å². The zero-order chi connectivity index (χ0) is 27.0. The Morgan fingerprint density at radius 1 is 1.24 bits per heavy atom. The molecule has 3 fully saturated rings. The van der Waals surface area contributed by atoms with E-state index in [4.69, 9.17) is 14.2 Å². The third-order valence-corrected chi connectivity index (χ3v) is 7.21. The highest BCUT2D eigenvalue weighted by molar-refractivity contribution is 5.87. The summed E-state index contributed by atoms with van der Waals surface area (Å²) in [5, 5.41) is 15.2. The zero-order valence-electron chi connectivity index (χ0n) is 22.9. The van der Waals surface area contributed by atoms with Gasteiger partial charge in [0.05, 0.1) is 49.1 Å². The van der Waals surface area contributed by atoms with E-state index in [0.717, 1.165) is 37.7 Å². The maximum Gasteiger partial charge on any atom is 0.244 e. The molecule has 8 atom stereocenters. The molecule has 0 saturated carbocycles. The van der Waals surface area contributed by atoms with Crippen LogP contribution in [0.5, 0.6) is 0 Å². The van der Waals surface area contributed by atoms with E-state index in [0.29, 0.717) is 19.6 Å². The van der Waals surface area contributed by atoms with Crippen molar-refractivity contribution in [2.75, 3.05) is 13.2 Å². The fraction of sp³-hybridized carbons (Fsp3) is 0.724. The molecule has 2 amide bonds. The third kappa shape index (κ3) is 9.57. The van der Waals surface area contributed by atoms with Gasteiger partial charge in [0.1, 0.15) is 6.10 Å². The number of amides is 2. The van der Waals surface area contributed by atoms with E-state index in [9.17, 15) is 14.7 Å². The molecule has 3 aliphatic heterocycles. The van der Waals surface area contributed by atoms with Gasteiger partial charge >= 0.3 is 0 Å². The fourth-order valence-electron chi connectivity index (χ4n) is 4.96. The van der Waals surface area contributed by atoms with Gasteiger partial charge in [-0.15, -0.1) is 0 Å². The highest BCUT2D eigenvalue weighted by Gasteiger charge is 2.51. The van der Waals surface area contributed by atoms with Gasteiger partial charge in [0.2, 0.25) is 11.8 Å². The van der Waals surface area contributed by atoms with E-state index < -0.39 is 6.10 Å². The van der Waals surface area contributed by atoms with Crippen LogP contribution >= 0.6 is 0 Å². The third-order valence-electron chi connectivity index (χ3n) is 7.21. The lowest BCUT2D eigenvalue weighted by atomic mass is 9.88. The molecule has 8 heteroatoms. The minimum absolute atomic E-state index is 0.0150. The number of nitrogens with one attached hydrogen (secondary N) is 2. The van der Waals surface area contributed by atoms with Gasteiger partial charge in [-0.25, -0.2) is 0 Å². The van der Waals surface area contributed by atoms with Gasteiger partial charge < -0.3 is 30.0 Å². The Morgan fingerprint density at radius 2 is 2.00 bits per heavy atom. The maximum absolute atomic E-state index is 12.2. The predicted octanol–water partition coefficient (Wildman–Crippen LogP) is 2.79. The summed E-state index contributed by atoms with van der Waals surface area (Å²) in [6.45, 7) is 11.1. The quantitative estimate of drug-likeness (QED) is 0.247. The highest BCUT2D eigenvalue weighted by Crippen LogP contribution is 2.42. The Labute approximate surface area is 221 Å². The van der Waals surface area contributed by atoms with Gasteiger partial charge in [-0.3, -0.25) is 9.59 Å². The Morgan fingerprint density at radius 3 is 2.68 bits per heavy atom. The van der Waals surface area contributed by atoms with E-state index in [1.54, 1.807) is 6.92 Å². The van der Waals surface area contributed by atoms with Crippen molar-refractivity contribution in [3.8, 4) is 11.8 Å². The second kappa shape index (κ2) is 13.6. The summed E-state index contributed by atoms with van der Waals surface area (Å²) >= 11 is 0. The summed E-state index contributed by atoms with van der Waals surface area (Å²) in [6.07, 6.45) is 8.09. The molecule has 0 aliphatic carbocycles. The first-order valence-electron chi connectivity index (χ1n) is 13.7. The molecule has 3 rings (SSSR count). The van der Waals surface area contributed by atoms with Crippen molar-refractivity contribution in [2.24, 2.45) is 5.92 Å². The van der Waals surface area contributed by atoms with Crippen molar-refractivity contribution in [3.63, 3.8) is 0 Å². The van der Waals surface area contributed by atoms with Crippen LogP contribution in [0.2, 0.25) is 0 Å². The second-order valence-corrected chi connectivity index (χ2v) is 10.9. The van der Waals surface area contributed by atoms with Crippen LogP contribution < -0.4 is 10.6 Å². The largest absolute Gasteiger partial charge is 0.389 e. The van der Waals surface area contributed by atoms with E-state index in [-0.39, 0.29) is 53.8 Å². The molecule has 0 bridgehead atoms. The predicted molar refractivity (Wildman–Crippen MR) is 142 cm³/mol. The maximum atomic E-state index is 12.2. The summed E-state index contributed by atoms with van der Waals surface area (Å²) in [7, 11) is 0. The van der Waals surface area contributed by atoms with Crippen LogP contribution in [0.15, 0.2) is 23.8 Å². The zero-order valence-corrected chi connectivity index (χ0v) is 22.9. The number of rotatable bonds is 9. The first-order chi connectivity index (χ1) is 17.6. The lowest BCUT2D eigenvalue weighted by Gasteiger charge is -2.39. The number of carbonyl (C=O) groups is 2. The molecule has 0 aromatic heterocycles. The molecule has 0 aromatic rings. The lowest BCUT2D eigenvalue weighted by Crippen LogP contribution is -2.50. The van der Waals surface area contributed by atoms with E-state index >= 15 is 0 Å². The molecule has 3 aliphatic rings. The van der Waals surface area contributed by atoms with Gasteiger partial charge in [-0.1, -0.05) is 37.8 Å². The minimum Gasteiger partial charge on any atom is -0.389 e. The molecule has 37 heavy (non-hydrogen) atoms. The number of hydrogen-bond donors (Lipinski definition) is 3. The van der Waals surface area contributed by atoms with Crippen LogP contribution in [0.3, 0.4) is 0 Å². The molecule has 3 heterocycles. The number of aliphatic hydroxyl groups is 1. The first kappa shape index (κ1) is 29.4. The van der Waals surface area contributed by atoms with Gasteiger partial charge in [-0.05, 0) is 51.5 Å². The van der Waals surface area contributed by atoms with Crippen molar-refractivity contribution in [1.82, 2.24) is 10.6 Å². The number of hydrogen-bond acceptors (Lipinski definition) is 6. The molecule has 1 spiro atoms. The van der Waals surface area contributed by atoms with E-state index in [1.165, 1.54) is 12.2 Å². The van der Waals surface area contributed by atoms with Crippen molar-refractivity contribution in [3.05, 3.63) is 23.8 Å². The Hall–Kier alpha value is -2.18. The second-order valence-electron chi connectivity index (χ2n) is 10.9. The SMILES string of the molecule is CCCNC(=O)C[C@@H]1C[C@@]2(CO2)C[C@@H](C#C/C(C)=C/CC2O[C@H](C)[C@H](NC(=O)/C=C\[C@H](C)O)CC2C)O1. The molecule has 8 nitrogen and oxygen atoms in total. The normalized spacial score (nSPS) is 34.5. The molecule has 206 valence electrons. The minimum atomic E-state index is -0.654. The fourth-order valence-corrected chi connectivity index (χ4v) is 4.96. The van der Waals surface area contributed by atoms with Gasteiger partial charge in [-0.2, -0.15) is 0 Å². The van der Waals surface area contributed by atoms with Crippen LogP contribution in [0, 0.1) is 17.8 Å². The number of allylic oxidation sites excluding steroid dienone is 1. The smallest absolute Gasteiger partial charge is 0.244 e. The molecular weight excluding hydrogens is 472 g/mol. The topological polar surface area (TPSA) is 109 Å². The summed E-state index contributed by atoms with van der Waals surface area (Å²) in [5.74, 6) is 6.56. The van der Waals surface area contributed by atoms with Gasteiger partial charge in [0.25, 0.3) is 0 Å². The monoisotopic (exact) mass is 516 g/mol. The van der Waals surface area contributed by atoms with Crippen molar-refractivity contribution in [2.45, 2.75) is 115 Å². The molecule has 3 N–H and O–H groups in total. The summed E-state index contributed by atoms with van der Waals surface area (Å²) in [6, 6.07) is -0.0697. The standard InChI is InChI=1S/C29H44N2O6/c1-6-13-30-28(34)15-24-17-29(18-35-29)16-23(37-24)10-7-19(2)8-11-26-20(3)14-25(22(5)36-26)31-27(33)12-9-21(4)32/h8-9,12,20-26,32H,6,11,13-18H2,1-5H3,(H,30,34)(H,31,33)/b12-9-,19-8+/t20?,21-,22+,23+,24+,25+,26?,29+/m0/s1. The molecule has 0 radical (unpaired) electrons. The van der Waals surface area contributed by atoms with Crippen LogP contribution in [-0.2, 0) is 23.8 Å². The first-order valence-corrected chi connectivity index (χ1v) is 13.7. The lowest BCUT2D eigenvalue weighted by molar-refractivity contribution is -0.127. The van der Waals surface area contributed by atoms with Gasteiger partial charge in [0, 0.05) is 25.5 Å². The summed E-state index contributed by atoms with van der Waals surface area (Å²) in [5.41, 5.74) is 0.782. The summed E-state index contributed by atoms with van der Waals surface area (Å²) < 4.78 is 18.1. The Balaban J connectivity index is 1.50. The highest BCUT2D eigenvalue weighted by atomic mass is 16.6. The average Bonchev–Trinajstić information content (AvgIpc) is 3.58. The number of ether oxygens (including phenoxy) is 3. The van der Waals surface area contributed by atoms with Crippen LogP contribution in [0.25, 0.3) is 0 Å². The Kier molecular flexibility index (Phi) is 10.8. The average molecular weight is 517 g/mol. The number of aliphatic hydroxyl groups excluding tert-OH is 1. The van der Waals surface area contributed by atoms with Crippen molar-refractivity contribution in [1.29, 1.82) is 0 Å². The molecule has 3 saturated heterocycles. The van der Waals surface area contributed by atoms with Crippen LogP contribution in [-0.4, -0.2) is 72.2 Å². The van der Waals surface area contributed by atoms with E-state index in [2.05, 4.69) is 35.5 Å². The Bertz CT molecular complexity index is 913. The van der Waals surface area contributed by atoms with E-state index in [1.807, 2.05) is 20.8 Å². The summed E-state index contributed by atoms with van der Waals surface area (Å²) in [4.78, 5) is 24.3. The van der Waals surface area contributed by atoms with Gasteiger partial charge in [0.15, 0.2) is 0 Å².